The first-order valence-electron chi connectivity index (χ1n) is 7.72. The lowest BCUT2D eigenvalue weighted by Crippen LogP contribution is -2.50. The van der Waals surface area contributed by atoms with Crippen molar-refractivity contribution < 1.29 is 0 Å². The molecule has 1 spiro atoms. The van der Waals surface area contributed by atoms with Crippen LogP contribution < -0.4 is 5.32 Å². The SMILES string of the molecule is CNCC1CCC1N1CCC2(CCCCC2)C1. The zero-order chi connectivity index (χ0) is 11.7. The maximum Gasteiger partial charge on any atom is 0.0136 e. The first-order valence-corrected chi connectivity index (χ1v) is 7.72. The van der Waals surface area contributed by atoms with E-state index in [1.54, 1.807) is 0 Å². The number of nitrogens with zero attached hydrogens (tertiary/aromatic N) is 1. The maximum atomic E-state index is 3.37. The molecule has 0 aromatic rings. The van der Waals surface area contributed by atoms with Crippen LogP contribution in [0.3, 0.4) is 0 Å². The minimum absolute atomic E-state index is 0.748. The van der Waals surface area contributed by atoms with Gasteiger partial charge in [-0.1, -0.05) is 19.3 Å². The Labute approximate surface area is 106 Å². The Hall–Kier alpha value is -0.0800. The van der Waals surface area contributed by atoms with Crippen LogP contribution in [-0.2, 0) is 0 Å². The van der Waals surface area contributed by atoms with E-state index < -0.39 is 0 Å². The molecule has 2 saturated carbocycles. The molecule has 3 rings (SSSR count). The largest absolute Gasteiger partial charge is 0.319 e. The van der Waals surface area contributed by atoms with Crippen LogP contribution in [0, 0.1) is 11.3 Å². The standard InChI is InChI=1S/C15H28N2/c1-16-11-13-5-6-14(13)17-10-9-15(12-17)7-3-2-4-8-15/h13-14,16H,2-12H2,1H3. The third-order valence-electron chi connectivity index (χ3n) is 5.69. The summed E-state index contributed by atoms with van der Waals surface area (Å²) in [6, 6.07) is 0.920. The highest BCUT2D eigenvalue weighted by molar-refractivity contribution is 4.98. The van der Waals surface area contributed by atoms with Gasteiger partial charge in [0, 0.05) is 12.6 Å². The first-order chi connectivity index (χ1) is 8.33. The van der Waals surface area contributed by atoms with Gasteiger partial charge in [-0.05, 0) is 63.6 Å². The number of hydrogen-bond donors (Lipinski definition) is 1. The summed E-state index contributed by atoms with van der Waals surface area (Å²) in [6.45, 7) is 4.05. The summed E-state index contributed by atoms with van der Waals surface area (Å²) in [5.74, 6) is 0.943. The van der Waals surface area contributed by atoms with Crippen LogP contribution in [-0.4, -0.2) is 37.6 Å². The third kappa shape index (κ3) is 2.26. The van der Waals surface area contributed by atoms with E-state index in [0.717, 1.165) is 17.4 Å². The lowest BCUT2D eigenvalue weighted by Gasteiger charge is -2.44. The predicted octanol–water partition coefficient (Wildman–Crippen LogP) is 2.64. The van der Waals surface area contributed by atoms with Crippen molar-refractivity contribution in [3.63, 3.8) is 0 Å². The van der Waals surface area contributed by atoms with Crippen LogP contribution in [0.4, 0.5) is 0 Å². The first kappa shape index (κ1) is 12.0. The second kappa shape index (κ2) is 4.89. The average molecular weight is 236 g/mol. The van der Waals surface area contributed by atoms with Crippen LogP contribution in [0.25, 0.3) is 0 Å². The molecule has 2 heteroatoms. The molecule has 17 heavy (non-hydrogen) atoms. The number of hydrogen-bond acceptors (Lipinski definition) is 2. The third-order valence-corrected chi connectivity index (χ3v) is 5.69. The molecule has 2 aliphatic carbocycles. The Kier molecular flexibility index (Phi) is 3.45. The quantitative estimate of drug-likeness (QED) is 0.810. The summed E-state index contributed by atoms with van der Waals surface area (Å²) in [4.78, 5) is 2.84. The molecule has 2 unspecified atom stereocenters. The molecule has 3 fully saturated rings. The van der Waals surface area contributed by atoms with Gasteiger partial charge in [0.2, 0.25) is 0 Å². The summed E-state index contributed by atoms with van der Waals surface area (Å²) in [5.41, 5.74) is 0.748. The second-order valence-electron chi connectivity index (χ2n) is 6.74. The zero-order valence-corrected chi connectivity index (χ0v) is 11.4. The Morgan fingerprint density at radius 2 is 1.94 bits per heavy atom. The predicted molar refractivity (Wildman–Crippen MR) is 72.1 cm³/mol. The van der Waals surface area contributed by atoms with E-state index in [1.807, 2.05) is 0 Å². The summed E-state index contributed by atoms with van der Waals surface area (Å²) in [7, 11) is 2.10. The normalized spacial score (nSPS) is 37.2. The van der Waals surface area contributed by atoms with Gasteiger partial charge in [-0.3, -0.25) is 4.90 Å². The Balaban J connectivity index is 1.56. The van der Waals surface area contributed by atoms with E-state index in [2.05, 4.69) is 17.3 Å². The highest BCUT2D eigenvalue weighted by Gasteiger charge is 2.44. The van der Waals surface area contributed by atoms with Gasteiger partial charge in [0.15, 0.2) is 0 Å². The van der Waals surface area contributed by atoms with Crippen molar-refractivity contribution in [2.45, 2.75) is 57.4 Å². The average Bonchev–Trinajstić information content (AvgIpc) is 2.69. The fourth-order valence-corrected chi connectivity index (χ4v) is 4.50. The monoisotopic (exact) mass is 236 g/mol. The second-order valence-corrected chi connectivity index (χ2v) is 6.74. The lowest BCUT2D eigenvalue weighted by atomic mass is 9.73. The highest BCUT2D eigenvalue weighted by Crippen LogP contribution is 2.46. The van der Waals surface area contributed by atoms with Crippen molar-refractivity contribution in [2.75, 3.05) is 26.7 Å². The number of rotatable bonds is 3. The van der Waals surface area contributed by atoms with E-state index >= 15 is 0 Å². The Morgan fingerprint density at radius 1 is 1.12 bits per heavy atom. The molecule has 98 valence electrons. The molecule has 3 aliphatic rings. The maximum absolute atomic E-state index is 3.37. The number of nitrogens with one attached hydrogen (secondary N) is 1. The molecule has 1 N–H and O–H groups in total. The molecule has 0 amide bonds. The fraction of sp³-hybridized carbons (Fsp3) is 1.00. The Bertz CT molecular complexity index is 258. The van der Waals surface area contributed by atoms with Crippen LogP contribution in [0.1, 0.15) is 51.4 Å². The molecule has 0 bridgehead atoms. The molecule has 0 radical (unpaired) electrons. The van der Waals surface area contributed by atoms with Crippen LogP contribution in [0.5, 0.6) is 0 Å². The number of likely N-dealkylation sites (tertiary alicyclic amines) is 1. The van der Waals surface area contributed by atoms with Crippen LogP contribution >= 0.6 is 0 Å². The topological polar surface area (TPSA) is 15.3 Å². The molecule has 0 aromatic carbocycles. The zero-order valence-electron chi connectivity index (χ0n) is 11.4. The van der Waals surface area contributed by atoms with Crippen LogP contribution in [0.15, 0.2) is 0 Å². The molecule has 1 aliphatic heterocycles. The minimum Gasteiger partial charge on any atom is -0.319 e. The van der Waals surface area contributed by atoms with Crippen molar-refractivity contribution in [2.24, 2.45) is 11.3 Å². The Morgan fingerprint density at radius 3 is 2.59 bits per heavy atom. The summed E-state index contributed by atoms with van der Waals surface area (Å²) in [5, 5.41) is 3.37. The van der Waals surface area contributed by atoms with E-state index in [-0.39, 0.29) is 0 Å². The summed E-state index contributed by atoms with van der Waals surface area (Å²) < 4.78 is 0. The van der Waals surface area contributed by atoms with Gasteiger partial charge >= 0.3 is 0 Å². The highest BCUT2D eigenvalue weighted by atomic mass is 15.2. The van der Waals surface area contributed by atoms with Gasteiger partial charge in [0.25, 0.3) is 0 Å². The van der Waals surface area contributed by atoms with Gasteiger partial charge in [-0.2, -0.15) is 0 Å². The molecular weight excluding hydrogens is 208 g/mol. The molecule has 1 heterocycles. The van der Waals surface area contributed by atoms with Crippen molar-refractivity contribution in [3.8, 4) is 0 Å². The van der Waals surface area contributed by atoms with Crippen molar-refractivity contribution in [1.82, 2.24) is 10.2 Å². The lowest BCUT2D eigenvalue weighted by molar-refractivity contribution is 0.0657. The van der Waals surface area contributed by atoms with Gasteiger partial charge in [0.05, 0.1) is 0 Å². The summed E-state index contributed by atoms with van der Waals surface area (Å²) in [6.07, 6.45) is 11.9. The van der Waals surface area contributed by atoms with Gasteiger partial charge in [-0.25, -0.2) is 0 Å². The smallest absolute Gasteiger partial charge is 0.0136 e. The molecule has 0 aromatic heterocycles. The minimum atomic E-state index is 0.748. The molecule has 2 nitrogen and oxygen atoms in total. The van der Waals surface area contributed by atoms with Crippen molar-refractivity contribution in [1.29, 1.82) is 0 Å². The van der Waals surface area contributed by atoms with E-state index in [1.165, 1.54) is 71.0 Å². The van der Waals surface area contributed by atoms with Crippen molar-refractivity contribution >= 4 is 0 Å². The molecular formula is C15H28N2. The van der Waals surface area contributed by atoms with Crippen LogP contribution in [0.2, 0.25) is 0 Å². The van der Waals surface area contributed by atoms with E-state index in [4.69, 9.17) is 0 Å². The van der Waals surface area contributed by atoms with Crippen molar-refractivity contribution in [3.05, 3.63) is 0 Å². The van der Waals surface area contributed by atoms with Gasteiger partial charge in [-0.15, -0.1) is 0 Å². The molecule has 1 saturated heterocycles. The van der Waals surface area contributed by atoms with Gasteiger partial charge in [0.1, 0.15) is 0 Å². The van der Waals surface area contributed by atoms with Gasteiger partial charge < -0.3 is 5.32 Å². The van der Waals surface area contributed by atoms with E-state index in [0.29, 0.717) is 0 Å². The fourth-order valence-electron chi connectivity index (χ4n) is 4.50. The summed E-state index contributed by atoms with van der Waals surface area (Å²) >= 11 is 0. The molecule has 2 atom stereocenters. The van der Waals surface area contributed by atoms with E-state index in [9.17, 15) is 0 Å².